The van der Waals surface area contributed by atoms with E-state index < -0.39 is 63.0 Å². The normalized spacial score (nSPS) is 36.4. The Morgan fingerprint density at radius 2 is 1.75 bits per heavy atom. The van der Waals surface area contributed by atoms with E-state index in [1.165, 1.54) is 14.2 Å². The van der Waals surface area contributed by atoms with E-state index in [4.69, 9.17) is 14.2 Å². The topological polar surface area (TPSA) is 177 Å². The molecule has 5 N–H and O–H groups in total. The standard InChI is InChI=1S/C51H69N5O9/c1-10-47(61)26-31-27-49(45(60)65-9,40-33(17-21-55(28-31)29-47)32-15-12-13-16-36(32)52-40)35-24-34-38(25-39(35)63-7)54(6)46(5)50(34)19-22-56-20-14-18-48(11-2,42(50)56)43(58)51(46,62)44(59)53-37(23-30(3)4)41(57)64-8/h12-16,18,24-25,30-31,37,42-43,52,58,61-62H,10-11,17,19-23,26-29H2,1-9H3,(H,53,59)/t31-,37-,42-,43+,46+,47-,48+,49-,50+,51-/m0/s1. The monoisotopic (exact) mass is 896 g/mol. The molecule has 14 heteroatoms. The molecular weight excluding hydrogens is 827 g/mol. The molecule has 5 aliphatic heterocycles. The van der Waals surface area contributed by atoms with Gasteiger partial charge in [0, 0.05) is 84.0 Å². The molecule has 14 nitrogen and oxygen atoms in total. The fourth-order valence-electron chi connectivity index (χ4n) is 14.5. The second-order valence-corrected chi connectivity index (χ2v) is 20.8. The number of carbonyl (C=O) groups excluding carboxylic acids is 3. The highest BCUT2D eigenvalue weighted by molar-refractivity contribution is 5.97. The molecule has 0 radical (unpaired) electrons. The van der Waals surface area contributed by atoms with Gasteiger partial charge in [0.2, 0.25) is 0 Å². The second kappa shape index (κ2) is 15.8. The van der Waals surface area contributed by atoms with E-state index in [-0.39, 0.29) is 24.3 Å². The molecular formula is C51H69N5O9. The molecule has 11 atom stereocenters. The molecule has 3 fully saturated rings. The fourth-order valence-corrected chi connectivity index (χ4v) is 14.5. The molecule has 2 bridgehead atoms. The molecule has 6 aliphatic rings. The summed E-state index contributed by atoms with van der Waals surface area (Å²) in [5.74, 6) is -1.65. The van der Waals surface area contributed by atoms with Gasteiger partial charge in [-0.2, -0.15) is 0 Å². The first-order valence-corrected chi connectivity index (χ1v) is 23.7. The van der Waals surface area contributed by atoms with Gasteiger partial charge in [0.15, 0.2) is 5.60 Å². The summed E-state index contributed by atoms with van der Waals surface area (Å²) in [5.41, 5.74) is -3.83. The smallest absolute Gasteiger partial charge is 0.328 e. The first-order chi connectivity index (χ1) is 30.9. The number of anilines is 1. The van der Waals surface area contributed by atoms with Gasteiger partial charge in [-0.25, -0.2) is 4.79 Å². The number of nitrogens with zero attached hydrogens (tertiary/aromatic N) is 3. The number of likely N-dealkylation sites (N-methyl/N-ethyl adjacent to an activating group) is 1. The summed E-state index contributed by atoms with van der Waals surface area (Å²) in [6, 6.07) is 10.7. The summed E-state index contributed by atoms with van der Waals surface area (Å²) < 4.78 is 17.6. The molecule has 1 saturated carbocycles. The molecule has 9 rings (SSSR count). The van der Waals surface area contributed by atoms with Gasteiger partial charge in [-0.05, 0) is 93.5 Å². The minimum atomic E-state index is -2.50. The number of nitrogens with one attached hydrogen (secondary N) is 2. The van der Waals surface area contributed by atoms with Crippen molar-refractivity contribution in [1.29, 1.82) is 0 Å². The molecule has 3 aromatic rings. The lowest BCUT2D eigenvalue weighted by Crippen LogP contribution is -2.87. The Labute approximate surface area is 382 Å². The number of H-pyrrole nitrogens is 1. The summed E-state index contributed by atoms with van der Waals surface area (Å²) in [5, 5.41) is 42.9. The number of aromatic amines is 1. The van der Waals surface area contributed by atoms with Crippen molar-refractivity contribution in [1.82, 2.24) is 20.1 Å². The fraction of sp³-hybridized carbons (Fsp3) is 0.627. The van der Waals surface area contributed by atoms with Crippen molar-refractivity contribution in [2.75, 3.05) is 66.0 Å². The lowest BCUT2D eigenvalue weighted by atomic mass is 9.42. The lowest BCUT2D eigenvalue weighted by Gasteiger charge is -2.68. The molecule has 1 aromatic heterocycles. The van der Waals surface area contributed by atoms with Gasteiger partial charge in [0.25, 0.3) is 5.91 Å². The van der Waals surface area contributed by atoms with Gasteiger partial charge < -0.3 is 44.7 Å². The Morgan fingerprint density at radius 1 is 1.00 bits per heavy atom. The number of esters is 2. The van der Waals surface area contributed by atoms with Crippen molar-refractivity contribution in [3.8, 4) is 5.75 Å². The van der Waals surface area contributed by atoms with Crippen molar-refractivity contribution < 1.29 is 43.9 Å². The van der Waals surface area contributed by atoms with Gasteiger partial charge >= 0.3 is 11.9 Å². The molecule has 2 aromatic carbocycles. The molecule has 2 saturated heterocycles. The number of fused-ring (bicyclic) bond motifs is 6. The first kappa shape index (κ1) is 45.7. The van der Waals surface area contributed by atoms with E-state index in [1.54, 1.807) is 7.11 Å². The van der Waals surface area contributed by atoms with Crippen LogP contribution in [0.5, 0.6) is 5.75 Å². The number of piperidine rings is 1. The summed E-state index contributed by atoms with van der Waals surface area (Å²) >= 11 is 0. The van der Waals surface area contributed by atoms with E-state index in [9.17, 15) is 20.1 Å². The van der Waals surface area contributed by atoms with Crippen molar-refractivity contribution in [3.63, 3.8) is 0 Å². The van der Waals surface area contributed by atoms with Gasteiger partial charge in [0.05, 0.1) is 32.5 Å². The van der Waals surface area contributed by atoms with Crippen LogP contribution in [0.15, 0.2) is 48.6 Å². The summed E-state index contributed by atoms with van der Waals surface area (Å²) in [7, 11) is 6.16. The number of ether oxygens (including phenoxy) is 3. The minimum Gasteiger partial charge on any atom is -0.496 e. The highest BCUT2D eigenvalue weighted by atomic mass is 16.5. The second-order valence-electron chi connectivity index (χ2n) is 20.8. The van der Waals surface area contributed by atoms with E-state index in [2.05, 4.69) is 32.2 Å². The predicted molar refractivity (Wildman–Crippen MR) is 247 cm³/mol. The minimum absolute atomic E-state index is 0.00229. The highest BCUT2D eigenvalue weighted by Gasteiger charge is 2.84. The van der Waals surface area contributed by atoms with Crippen LogP contribution in [0.25, 0.3) is 10.9 Å². The number of amides is 1. The number of para-hydroxylation sites is 1. The number of benzene rings is 2. The Bertz CT molecular complexity index is 2440. The highest BCUT2D eigenvalue weighted by Crippen LogP contribution is 2.71. The van der Waals surface area contributed by atoms with Crippen LogP contribution in [-0.2, 0) is 41.1 Å². The van der Waals surface area contributed by atoms with Crippen LogP contribution in [0, 0.1) is 17.3 Å². The van der Waals surface area contributed by atoms with E-state index >= 15 is 9.59 Å². The number of hydrogen-bond acceptors (Lipinski definition) is 12. The van der Waals surface area contributed by atoms with Crippen molar-refractivity contribution >= 4 is 34.4 Å². The third-order valence-corrected chi connectivity index (χ3v) is 17.6. The van der Waals surface area contributed by atoms with E-state index in [0.717, 1.165) is 27.7 Å². The van der Waals surface area contributed by atoms with Crippen LogP contribution in [0.1, 0.15) is 95.5 Å². The molecule has 1 aliphatic carbocycles. The number of aliphatic hydroxyl groups is 3. The van der Waals surface area contributed by atoms with Crippen LogP contribution < -0.4 is 15.0 Å². The van der Waals surface area contributed by atoms with Crippen LogP contribution in [-0.4, -0.2) is 144 Å². The quantitative estimate of drug-likeness (QED) is 0.144. The number of carbonyl (C=O) groups is 3. The van der Waals surface area contributed by atoms with Crippen molar-refractivity contribution in [2.24, 2.45) is 17.3 Å². The molecule has 65 heavy (non-hydrogen) atoms. The predicted octanol–water partition coefficient (Wildman–Crippen LogP) is 4.34. The Kier molecular flexibility index (Phi) is 11.1. The van der Waals surface area contributed by atoms with Gasteiger partial charge in [0.1, 0.15) is 23.3 Å². The van der Waals surface area contributed by atoms with Crippen LogP contribution in [0.3, 0.4) is 0 Å². The maximum absolute atomic E-state index is 15.5. The average Bonchev–Trinajstić information content (AvgIpc) is 3.95. The zero-order valence-electron chi connectivity index (χ0n) is 39.6. The Morgan fingerprint density at radius 3 is 2.43 bits per heavy atom. The van der Waals surface area contributed by atoms with E-state index in [1.807, 2.05) is 83.0 Å². The molecule has 1 spiro atoms. The Balaban J connectivity index is 1.34. The number of hydrogen-bond donors (Lipinski definition) is 5. The van der Waals surface area contributed by atoms with Gasteiger partial charge in [-0.15, -0.1) is 0 Å². The Hall–Kier alpha value is -4.47. The molecule has 1 amide bonds. The zero-order valence-corrected chi connectivity index (χ0v) is 39.6. The lowest BCUT2D eigenvalue weighted by molar-refractivity contribution is -0.224. The summed E-state index contributed by atoms with van der Waals surface area (Å²) in [6.07, 6.45) is 5.60. The number of aromatic nitrogens is 1. The van der Waals surface area contributed by atoms with Crippen LogP contribution >= 0.6 is 0 Å². The number of methoxy groups -OCH3 is 3. The molecule has 352 valence electrons. The van der Waals surface area contributed by atoms with Crippen molar-refractivity contribution in [2.45, 2.75) is 125 Å². The van der Waals surface area contributed by atoms with Gasteiger partial charge in [-0.1, -0.05) is 58.0 Å². The molecule has 1 unspecified atom stereocenters. The average molecular weight is 896 g/mol. The number of aliphatic hydroxyl groups excluding tert-OH is 1. The maximum atomic E-state index is 15.5. The SMILES string of the molecule is CC[C@]1(O)C[C@@H]2CN(CCc3c([nH]c4ccccc34)[C@@](C(=O)OC)(c3cc4c(cc3OC)N(C)[C@@]3(C)[C@@](O)(C(=O)N[C@@H](CC(C)C)C(=O)OC)[C@H](O)[C@]5(CC)C=CCN6CC[C@]43[C@@H]65)C2)C1. The van der Waals surface area contributed by atoms with E-state index in [0.29, 0.717) is 88.2 Å². The maximum Gasteiger partial charge on any atom is 0.328 e. The first-order valence-electron chi connectivity index (χ1n) is 23.7. The third kappa shape index (κ3) is 5.98. The zero-order chi connectivity index (χ0) is 46.6. The van der Waals surface area contributed by atoms with Crippen LogP contribution in [0.4, 0.5) is 5.69 Å². The number of rotatable bonds is 10. The largest absolute Gasteiger partial charge is 0.496 e. The van der Waals surface area contributed by atoms with Crippen LogP contribution in [0.2, 0.25) is 0 Å². The molecule has 6 heterocycles. The van der Waals surface area contributed by atoms with Gasteiger partial charge in [-0.3, -0.25) is 19.4 Å². The summed E-state index contributed by atoms with van der Waals surface area (Å²) in [6.45, 7) is 12.9. The van der Waals surface area contributed by atoms with Crippen molar-refractivity contribution in [3.05, 3.63) is 70.9 Å². The summed E-state index contributed by atoms with van der Waals surface area (Å²) in [4.78, 5) is 54.6. The third-order valence-electron chi connectivity index (χ3n) is 17.6.